The van der Waals surface area contributed by atoms with Gasteiger partial charge in [0.2, 0.25) is 5.96 Å². The summed E-state index contributed by atoms with van der Waals surface area (Å²) in [6.07, 6.45) is -2.45. The van der Waals surface area contributed by atoms with Gasteiger partial charge < -0.3 is 14.7 Å². The number of guanidine groups is 1. The van der Waals surface area contributed by atoms with E-state index in [-0.39, 0.29) is 5.96 Å². The van der Waals surface area contributed by atoms with Crippen molar-refractivity contribution in [1.82, 2.24) is 10.2 Å². The molecule has 7 nitrogen and oxygen atoms in total. The summed E-state index contributed by atoms with van der Waals surface area (Å²) >= 11 is 0. The molecule has 2 atom stereocenters. The zero-order valence-electron chi connectivity index (χ0n) is 7.77. The first-order valence-electron chi connectivity index (χ1n) is 3.94. The van der Waals surface area contributed by atoms with Crippen LogP contribution in [0.3, 0.4) is 0 Å². The number of ether oxygens (including phenoxy) is 1. The van der Waals surface area contributed by atoms with E-state index in [1.165, 1.54) is 14.0 Å². The van der Waals surface area contributed by atoms with Gasteiger partial charge in [-0.2, -0.15) is 0 Å². The van der Waals surface area contributed by atoms with Crippen LogP contribution in [0.15, 0.2) is 0 Å². The average molecular weight is 201 g/mol. The van der Waals surface area contributed by atoms with Crippen molar-refractivity contribution < 1.29 is 19.4 Å². The maximum atomic E-state index is 11.1. The van der Waals surface area contributed by atoms with E-state index in [0.29, 0.717) is 0 Å². The molecule has 0 spiro atoms. The SMILES string of the molecule is CC(O)C(=O)OC1C(=O)NC(=N)N1C. The Morgan fingerprint density at radius 3 is 2.71 bits per heavy atom. The lowest BCUT2D eigenvalue weighted by Gasteiger charge is -2.18. The van der Waals surface area contributed by atoms with Crippen molar-refractivity contribution >= 4 is 17.8 Å². The lowest BCUT2D eigenvalue weighted by molar-refractivity contribution is -0.167. The Balaban J connectivity index is 2.65. The molecule has 14 heavy (non-hydrogen) atoms. The number of hydrogen-bond donors (Lipinski definition) is 3. The lowest BCUT2D eigenvalue weighted by atomic mass is 10.4. The molecule has 1 saturated heterocycles. The van der Waals surface area contributed by atoms with Crippen LogP contribution in [0.4, 0.5) is 0 Å². The maximum absolute atomic E-state index is 11.1. The van der Waals surface area contributed by atoms with E-state index in [1.54, 1.807) is 0 Å². The molecule has 1 aliphatic rings. The van der Waals surface area contributed by atoms with E-state index in [4.69, 9.17) is 10.5 Å². The van der Waals surface area contributed by atoms with Crippen molar-refractivity contribution in [2.45, 2.75) is 19.3 Å². The molecule has 0 aliphatic carbocycles. The van der Waals surface area contributed by atoms with Crippen LogP contribution < -0.4 is 5.32 Å². The number of amides is 1. The average Bonchev–Trinajstić information content (AvgIpc) is 2.32. The number of hydrogen-bond acceptors (Lipinski definition) is 5. The second-order valence-electron chi connectivity index (χ2n) is 2.91. The first kappa shape index (κ1) is 10.5. The van der Waals surface area contributed by atoms with E-state index < -0.39 is 24.2 Å². The number of nitrogens with one attached hydrogen (secondary N) is 2. The van der Waals surface area contributed by atoms with Crippen molar-refractivity contribution in [2.75, 3.05) is 7.05 Å². The molecule has 0 aromatic carbocycles. The van der Waals surface area contributed by atoms with Gasteiger partial charge in [-0.25, -0.2) is 4.79 Å². The molecule has 0 radical (unpaired) electrons. The highest BCUT2D eigenvalue weighted by Gasteiger charge is 2.37. The van der Waals surface area contributed by atoms with Crippen molar-refractivity contribution in [1.29, 1.82) is 5.41 Å². The Kier molecular flexibility index (Phi) is 2.70. The van der Waals surface area contributed by atoms with Crippen LogP contribution >= 0.6 is 0 Å². The Morgan fingerprint density at radius 1 is 1.79 bits per heavy atom. The fraction of sp³-hybridized carbons (Fsp3) is 0.571. The highest BCUT2D eigenvalue weighted by molar-refractivity contribution is 6.04. The normalized spacial score (nSPS) is 23.4. The number of rotatable bonds is 2. The van der Waals surface area contributed by atoms with Gasteiger partial charge in [-0.05, 0) is 6.92 Å². The molecule has 7 heteroatoms. The predicted molar refractivity (Wildman–Crippen MR) is 45.2 cm³/mol. The topological polar surface area (TPSA) is 103 Å². The summed E-state index contributed by atoms with van der Waals surface area (Å²) in [5.41, 5.74) is 0. The van der Waals surface area contributed by atoms with Gasteiger partial charge in [0.25, 0.3) is 12.1 Å². The number of aliphatic hydroxyl groups excluding tert-OH is 1. The second kappa shape index (κ2) is 3.62. The van der Waals surface area contributed by atoms with E-state index >= 15 is 0 Å². The molecular formula is C7H11N3O4. The minimum Gasteiger partial charge on any atom is -0.430 e. The van der Waals surface area contributed by atoms with Crippen LogP contribution in [-0.4, -0.2) is 47.2 Å². The van der Waals surface area contributed by atoms with E-state index in [0.717, 1.165) is 4.90 Å². The zero-order valence-corrected chi connectivity index (χ0v) is 7.77. The summed E-state index contributed by atoms with van der Waals surface area (Å²) in [6, 6.07) is 0. The molecule has 0 aromatic heterocycles. The molecule has 1 aliphatic heterocycles. The standard InChI is InChI=1S/C7H11N3O4/c1-3(11)6(13)14-5-4(12)9-7(8)10(5)2/h3,5,11H,1-2H3,(H2,8,9,12). The van der Waals surface area contributed by atoms with Gasteiger partial charge in [-0.1, -0.05) is 0 Å². The van der Waals surface area contributed by atoms with Gasteiger partial charge in [0.05, 0.1) is 0 Å². The molecule has 3 N–H and O–H groups in total. The number of esters is 1. The largest absolute Gasteiger partial charge is 0.430 e. The van der Waals surface area contributed by atoms with Crippen LogP contribution in [0.2, 0.25) is 0 Å². The van der Waals surface area contributed by atoms with Crippen molar-refractivity contribution in [3.8, 4) is 0 Å². The smallest absolute Gasteiger partial charge is 0.337 e. The second-order valence-corrected chi connectivity index (χ2v) is 2.91. The highest BCUT2D eigenvalue weighted by Crippen LogP contribution is 2.07. The van der Waals surface area contributed by atoms with E-state index in [1.807, 2.05) is 0 Å². The van der Waals surface area contributed by atoms with Crippen molar-refractivity contribution in [3.05, 3.63) is 0 Å². The Morgan fingerprint density at radius 2 is 2.36 bits per heavy atom. The summed E-state index contributed by atoms with van der Waals surface area (Å²) in [5, 5.41) is 18.2. The number of nitrogens with zero attached hydrogens (tertiary/aromatic N) is 1. The van der Waals surface area contributed by atoms with Crippen molar-refractivity contribution in [2.24, 2.45) is 0 Å². The number of carbonyl (C=O) groups excluding carboxylic acids is 2. The molecule has 2 unspecified atom stereocenters. The zero-order chi connectivity index (χ0) is 10.9. The van der Waals surface area contributed by atoms with Gasteiger partial charge in [0.1, 0.15) is 6.10 Å². The summed E-state index contributed by atoms with van der Waals surface area (Å²) in [5.74, 6) is -1.63. The molecule has 0 aromatic rings. The highest BCUT2D eigenvalue weighted by atomic mass is 16.6. The third-order valence-electron chi connectivity index (χ3n) is 1.74. The lowest BCUT2D eigenvalue weighted by Crippen LogP contribution is -2.38. The third kappa shape index (κ3) is 1.82. The predicted octanol–water partition coefficient (Wildman–Crippen LogP) is -1.77. The quantitative estimate of drug-likeness (QED) is 0.459. The van der Waals surface area contributed by atoms with Gasteiger partial charge in [-0.15, -0.1) is 0 Å². The minimum atomic E-state index is -1.29. The molecular weight excluding hydrogens is 190 g/mol. The number of aliphatic hydroxyl groups is 1. The third-order valence-corrected chi connectivity index (χ3v) is 1.74. The summed E-state index contributed by atoms with van der Waals surface area (Å²) in [7, 11) is 1.43. The Hall–Kier alpha value is -1.63. The first-order chi connectivity index (χ1) is 6.43. The molecule has 0 bridgehead atoms. The summed E-state index contributed by atoms with van der Waals surface area (Å²) < 4.78 is 4.65. The van der Waals surface area contributed by atoms with Gasteiger partial charge in [0.15, 0.2) is 0 Å². The van der Waals surface area contributed by atoms with Crippen LogP contribution in [-0.2, 0) is 14.3 Å². The summed E-state index contributed by atoms with van der Waals surface area (Å²) in [4.78, 5) is 23.2. The Labute approximate surface area is 80.1 Å². The van der Waals surface area contributed by atoms with Gasteiger partial charge in [-0.3, -0.25) is 15.5 Å². The van der Waals surface area contributed by atoms with Crippen LogP contribution in [0, 0.1) is 5.41 Å². The van der Waals surface area contributed by atoms with E-state index in [2.05, 4.69) is 10.1 Å². The molecule has 1 amide bonds. The fourth-order valence-corrected chi connectivity index (χ4v) is 0.901. The summed E-state index contributed by atoms with van der Waals surface area (Å²) in [6.45, 7) is 1.24. The number of carbonyl (C=O) groups is 2. The van der Waals surface area contributed by atoms with Gasteiger partial charge >= 0.3 is 5.97 Å². The minimum absolute atomic E-state index is 0.140. The fourth-order valence-electron chi connectivity index (χ4n) is 0.901. The van der Waals surface area contributed by atoms with E-state index in [9.17, 15) is 9.59 Å². The molecule has 1 heterocycles. The molecule has 1 fully saturated rings. The van der Waals surface area contributed by atoms with Crippen LogP contribution in [0.1, 0.15) is 6.92 Å². The Bertz CT molecular complexity index is 289. The van der Waals surface area contributed by atoms with Crippen LogP contribution in [0.25, 0.3) is 0 Å². The molecule has 1 rings (SSSR count). The molecule has 0 saturated carbocycles. The van der Waals surface area contributed by atoms with Crippen molar-refractivity contribution in [3.63, 3.8) is 0 Å². The van der Waals surface area contributed by atoms with Gasteiger partial charge in [0, 0.05) is 7.05 Å². The first-order valence-corrected chi connectivity index (χ1v) is 3.94. The molecule has 78 valence electrons. The van der Waals surface area contributed by atoms with Crippen LogP contribution in [0.5, 0.6) is 0 Å². The maximum Gasteiger partial charge on any atom is 0.337 e. The monoisotopic (exact) mass is 201 g/mol. The number of likely N-dealkylation sites (N-methyl/N-ethyl adjacent to an activating group) is 1.